The van der Waals surface area contributed by atoms with Crippen molar-refractivity contribution >= 4 is 6.21 Å². The van der Waals surface area contributed by atoms with Crippen LogP contribution in [0.4, 0.5) is 0 Å². The minimum absolute atomic E-state index is 0.251. The van der Waals surface area contributed by atoms with Crippen LogP contribution in [0, 0.1) is 10.8 Å². The van der Waals surface area contributed by atoms with Crippen LogP contribution in [0.3, 0.4) is 0 Å². The molecule has 0 spiro atoms. The largest absolute Gasteiger partial charge is 0.294 e. The summed E-state index contributed by atoms with van der Waals surface area (Å²) in [6.45, 7) is 11.5. The predicted molar refractivity (Wildman–Crippen MR) is 68.6 cm³/mol. The molecule has 1 rings (SSSR count). The fourth-order valence-electron chi connectivity index (χ4n) is 2.77. The van der Waals surface area contributed by atoms with E-state index >= 15 is 0 Å². The van der Waals surface area contributed by atoms with E-state index in [0.29, 0.717) is 11.5 Å². The zero-order valence-corrected chi connectivity index (χ0v) is 11.1. The molecule has 0 unspecified atom stereocenters. The van der Waals surface area contributed by atoms with Crippen LogP contribution in [0.5, 0.6) is 0 Å². The van der Waals surface area contributed by atoms with Crippen LogP contribution >= 0.6 is 0 Å². The van der Waals surface area contributed by atoms with Crippen LogP contribution in [0.25, 0.3) is 0 Å². The highest BCUT2D eigenvalue weighted by Crippen LogP contribution is 2.32. The van der Waals surface area contributed by atoms with Gasteiger partial charge in [0.2, 0.25) is 0 Å². The second-order valence-corrected chi connectivity index (χ2v) is 6.94. The van der Waals surface area contributed by atoms with E-state index in [-0.39, 0.29) is 5.41 Å². The van der Waals surface area contributed by atoms with E-state index < -0.39 is 0 Å². The third-order valence-corrected chi connectivity index (χ3v) is 2.95. The van der Waals surface area contributed by atoms with Gasteiger partial charge in [-0.3, -0.25) is 4.99 Å². The van der Waals surface area contributed by atoms with Crippen molar-refractivity contribution in [1.29, 1.82) is 0 Å². The average molecular weight is 209 g/mol. The Labute approximate surface area is 95.4 Å². The molecule has 1 aliphatic rings. The molecular weight excluding hydrogens is 182 g/mol. The predicted octanol–water partition coefficient (Wildman–Crippen LogP) is 4.46. The van der Waals surface area contributed by atoms with Crippen molar-refractivity contribution in [2.45, 2.75) is 72.8 Å². The van der Waals surface area contributed by atoms with Gasteiger partial charge in [0, 0.05) is 17.7 Å². The lowest BCUT2D eigenvalue weighted by Gasteiger charge is -2.29. The monoisotopic (exact) mass is 209 g/mol. The Kier molecular flexibility index (Phi) is 3.97. The highest BCUT2D eigenvalue weighted by molar-refractivity contribution is 5.65. The van der Waals surface area contributed by atoms with Crippen LogP contribution in [-0.2, 0) is 0 Å². The number of rotatable bonds is 3. The Morgan fingerprint density at radius 1 is 1.07 bits per heavy atom. The topological polar surface area (TPSA) is 12.4 Å². The van der Waals surface area contributed by atoms with Gasteiger partial charge in [-0.2, -0.15) is 0 Å². The van der Waals surface area contributed by atoms with Gasteiger partial charge in [-0.15, -0.1) is 0 Å². The lowest BCUT2D eigenvalue weighted by molar-refractivity contribution is 0.282. The molecule has 0 amide bonds. The smallest absolute Gasteiger partial charge is 0.0496 e. The van der Waals surface area contributed by atoms with Gasteiger partial charge in [0.05, 0.1) is 0 Å². The molecule has 0 aromatic heterocycles. The maximum absolute atomic E-state index is 4.75. The Hall–Kier alpha value is -0.330. The molecule has 1 fully saturated rings. The molecule has 0 saturated heterocycles. The van der Waals surface area contributed by atoms with E-state index in [1.54, 1.807) is 0 Å². The van der Waals surface area contributed by atoms with E-state index in [4.69, 9.17) is 4.99 Å². The zero-order chi connectivity index (χ0) is 11.5. The first-order chi connectivity index (χ1) is 6.79. The minimum Gasteiger partial charge on any atom is -0.294 e. The van der Waals surface area contributed by atoms with Crippen molar-refractivity contribution < 1.29 is 0 Å². The summed E-state index contributed by atoms with van der Waals surface area (Å²) >= 11 is 0. The van der Waals surface area contributed by atoms with Crippen molar-refractivity contribution in [3.63, 3.8) is 0 Å². The van der Waals surface area contributed by atoms with Crippen LogP contribution < -0.4 is 0 Å². The van der Waals surface area contributed by atoms with Gasteiger partial charge < -0.3 is 0 Å². The Morgan fingerprint density at radius 3 is 2.07 bits per heavy atom. The Morgan fingerprint density at radius 2 is 1.60 bits per heavy atom. The summed E-state index contributed by atoms with van der Waals surface area (Å²) in [5.74, 6) is 0. The Bertz CT molecular complexity index is 214. The molecule has 0 aromatic carbocycles. The summed E-state index contributed by atoms with van der Waals surface area (Å²) < 4.78 is 0. The van der Waals surface area contributed by atoms with Gasteiger partial charge >= 0.3 is 0 Å². The first kappa shape index (κ1) is 12.7. The maximum atomic E-state index is 4.75. The molecule has 88 valence electrons. The lowest BCUT2D eigenvalue weighted by atomic mass is 9.77. The third-order valence-electron chi connectivity index (χ3n) is 2.95. The molecule has 1 saturated carbocycles. The number of hydrogen-bond donors (Lipinski definition) is 0. The van der Waals surface area contributed by atoms with Crippen molar-refractivity contribution in [1.82, 2.24) is 0 Å². The summed E-state index contributed by atoms with van der Waals surface area (Å²) in [6, 6.07) is 0.629. The van der Waals surface area contributed by atoms with Gasteiger partial charge in [0.1, 0.15) is 0 Å². The van der Waals surface area contributed by atoms with Gasteiger partial charge in [0.15, 0.2) is 0 Å². The fraction of sp³-hybridized carbons (Fsp3) is 0.929. The maximum Gasteiger partial charge on any atom is 0.0496 e. The minimum atomic E-state index is 0.251. The second kappa shape index (κ2) is 4.67. The van der Waals surface area contributed by atoms with E-state index in [9.17, 15) is 0 Å². The van der Waals surface area contributed by atoms with Crippen LogP contribution in [0.2, 0.25) is 0 Å². The number of hydrogen-bond acceptors (Lipinski definition) is 1. The summed E-state index contributed by atoms with van der Waals surface area (Å²) in [6.07, 6.45) is 8.79. The molecule has 0 atom stereocenters. The molecule has 0 heterocycles. The van der Waals surface area contributed by atoms with Crippen molar-refractivity contribution in [3.05, 3.63) is 0 Å². The molecule has 0 aromatic rings. The van der Waals surface area contributed by atoms with E-state index in [1.165, 1.54) is 32.1 Å². The molecule has 0 aliphatic heterocycles. The summed E-state index contributed by atoms with van der Waals surface area (Å²) in [5, 5.41) is 0. The molecule has 0 radical (unpaired) electrons. The SMILES string of the molecule is CC(C)(C)CC(C)(C)C=NC1CCCC1. The average Bonchev–Trinajstić information content (AvgIpc) is 2.47. The highest BCUT2D eigenvalue weighted by atomic mass is 14.8. The fourth-order valence-corrected chi connectivity index (χ4v) is 2.77. The molecule has 1 nitrogen and oxygen atoms in total. The molecule has 1 heteroatoms. The second-order valence-electron chi connectivity index (χ2n) is 6.94. The first-order valence-electron chi connectivity index (χ1n) is 6.33. The van der Waals surface area contributed by atoms with Crippen molar-refractivity contribution in [3.8, 4) is 0 Å². The summed E-state index contributed by atoms with van der Waals surface area (Å²) in [7, 11) is 0. The number of nitrogens with zero attached hydrogens (tertiary/aromatic N) is 1. The van der Waals surface area contributed by atoms with Crippen LogP contribution in [-0.4, -0.2) is 12.3 Å². The van der Waals surface area contributed by atoms with Crippen LogP contribution in [0.15, 0.2) is 4.99 Å². The lowest BCUT2D eigenvalue weighted by Crippen LogP contribution is -2.22. The van der Waals surface area contributed by atoms with Crippen molar-refractivity contribution in [2.24, 2.45) is 15.8 Å². The van der Waals surface area contributed by atoms with Crippen molar-refractivity contribution in [2.75, 3.05) is 0 Å². The van der Waals surface area contributed by atoms with E-state index in [2.05, 4.69) is 40.8 Å². The van der Waals surface area contributed by atoms with Gasteiger partial charge in [0.25, 0.3) is 0 Å². The third kappa shape index (κ3) is 5.34. The van der Waals surface area contributed by atoms with Gasteiger partial charge in [-0.25, -0.2) is 0 Å². The first-order valence-corrected chi connectivity index (χ1v) is 6.33. The van der Waals surface area contributed by atoms with E-state index in [0.717, 1.165) is 0 Å². The number of aliphatic imine (C=N–C) groups is 1. The standard InChI is InChI=1S/C14H27N/c1-13(2,3)10-14(4,5)11-15-12-8-6-7-9-12/h11-12H,6-10H2,1-5H3. The zero-order valence-electron chi connectivity index (χ0n) is 11.1. The molecule has 15 heavy (non-hydrogen) atoms. The molecule has 1 aliphatic carbocycles. The van der Waals surface area contributed by atoms with Gasteiger partial charge in [-0.1, -0.05) is 47.5 Å². The Balaban J connectivity index is 2.47. The highest BCUT2D eigenvalue weighted by Gasteiger charge is 2.24. The molecular formula is C14H27N. The normalized spacial score (nSPS) is 20.3. The van der Waals surface area contributed by atoms with Gasteiger partial charge in [-0.05, 0) is 24.7 Å². The summed E-state index contributed by atoms with van der Waals surface area (Å²) in [5.41, 5.74) is 0.645. The van der Waals surface area contributed by atoms with E-state index in [1.807, 2.05) is 0 Å². The molecule has 0 N–H and O–H groups in total. The van der Waals surface area contributed by atoms with Crippen LogP contribution in [0.1, 0.15) is 66.7 Å². The summed E-state index contributed by atoms with van der Waals surface area (Å²) in [4.78, 5) is 4.75. The quantitative estimate of drug-likeness (QED) is 0.608. The molecule has 0 bridgehead atoms.